The summed E-state index contributed by atoms with van der Waals surface area (Å²) in [6, 6.07) is 6.33. The first-order valence-corrected chi connectivity index (χ1v) is 8.79. The van der Waals surface area contributed by atoms with Crippen LogP contribution in [0.3, 0.4) is 0 Å². The molecular formula is C17H28N2OS. The molecule has 0 spiro atoms. The third-order valence-corrected chi connectivity index (χ3v) is 4.42. The Bertz CT molecular complexity index is 435. The molecule has 2 N–H and O–H groups in total. The molecule has 0 unspecified atom stereocenters. The highest BCUT2D eigenvalue weighted by Crippen LogP contribution is 2.20. The standard InChI is InChI=1S/C17H28N2OS/c1-4-5-6-9-18-10-11-19-17(20)13-21-16-8-7-14(2)15(3)12-16/h7-8,12,18H,4-6,9-11,13H2,1-3H3,(H,19,20). The van der Waals surface area contributed by atoms with Gasteiger partial charge < -0.3 is 10.6 Å². The number of hydrogen-bond acceptors (Lipinski definition) is 3. The van der Waals surface area contributed by atoms with Crippen molar-refractivity contribution in [2.24, 2.45) is 0 Å². The van der Waals surface area contributed by atoms with Crippen LogP contribution in [-0.4, -0.2) is 31.3 Å². The van der Waals surface area contributed by atoms with E-state index in [2.05, 4.69) is 49.6 Å². The van der Waals surface area contributed by atoms with Gasteiger partial charge in [-0.1, -0.05) is 25.8 Å². The summed E-state index contributed by atoms with van der Waals surface area (Å²) < 4.78 is 0. The summed E-state index contributed by atoms with van der Waals surface area (Å²) in [4.78, 5) is 12.9. The van der Waals surface area contributed by atoms with Gasteiger partial charge in [0, 0.05) is 18.0 Å². The lowest BCUT2D eigenvalue weighted by Crippen LogP contribution is -2.33. The van der Waals surface area contributed by atoms with E-state index in [1.807, 2.05) is 0 Å². The van der Waals surface area contributed by atoms with E-state index in [-0.39, 0.29) is 5.91 Å². The van der Waals surface area contributed by atoms with Gasteiger partial charge in [0.05, 0.1) is 5.75 Å². The van der Waals surface area contributed by atoms with E-state index >= 15 is 0 Å². The zero-order chi connectivity index (χ0) is 15.5. The Kier molecular flexibility index (Phi) is 9.19. The fraction of sp³-hybridized carbons (Fsp3) is 0.588. The summed E-state index contributed by atoms with van der Waals surface area (Å²) in [5, 5.41) is 6.29. The Morgan fingerprint density at radius 2 is 1.90 bits per heavy atom. The SMILES string of the molecule is CCCCCNCCNC(=O)CSc1ccc(C)c(C)c1. The molecule has 0 saturated heterocycles. The Labute approximate surface area is 133 Å². The smallest absolute Gasteiger partial charge is 0.230 e. The zero-order valence-electron chi connectivity index (χ0n) is 13.5. The van der Waals surface area contributed by atoms with Gasteiger partial charge in [-0.15, -0.1) is 11.8 Å². The van der Waals surface area contributed by atoms with Crippen LogP contribution in [0.15, 0.2) is 23.1 Å². The predicted octanol–water partition coefficient (Wildman–Crippen LogP) is 3.29. The molecule has 0 heterocycles. The molecule has 1 amide bonds. The monoisotopic (exact) mass is 308 g/mol. The summed E-state index contributed by atoms with van der Waals surface area (Å²) in [6.07, 6.45) is 3.73. The molecule has 0 saturated carbocycles. The Balaban J connectivity index is 2.09. The highest BCUT2D eigenvalue weighted by molar-refractivity contribution is 8.00. The first kappa shape index (κ1) is 18.1. The number of hydrogen-bond donors (Lipinski definition) is 2. The molecule has 118 valence electrons. The molecule has 0 radical (unpaired) electrons. The molecule has 4 heteroatoms. The molecule has 0 aliphatic heterocycles. The topological polar surface area (TPSA) is 41.1 Å². The van der Waals surface area contributed by atoms with Gasteiger partial charge in [0.15, 0.2) is 0 Å². The second kappa shape index (κ2) is 10.7. The van der Waals surface area contributed by atoms with Crippen molar-refractivity contribution in [2.45, 2.75) is 44.9 Å². The summed E-state index contributed by atoms with van der Waals surface area (Å²) >= 11 is 1.59. The molecule has 0 atom stereocenters. The van der Waals surface area contributed by atoms with E-state index in [4.69, 9.17) is 0 Å². The lowest BCUT2D eigenvalue weighted by molar-refractivity contribution is -0.118. The number of carbonyl (C=O) groups excluding carboxylic acids is 1. The van der Waals surface area contributed by atoms with Crippen molar-refractivity contribution in [1.82, 2.24) is 10.6 Å². The van der Waals surface area contributed by atoms with Gasteiger partial charge >= 0.3 is 0 Å². The number of thioether (sulfide) groups is 1. The number of benzene rings is 1. The second-order valence-corrected chi connectivity index (χ2v) is 6.39. The zero-order valence-corrected chi connectivity index (χ0v) is 14.3. The van der Waals surface area contributed by atoms with Crippen LogP contribution in [0.25, 0.3) is 0 Å². The van der Waals surface area contributed by atoms with Gasteiger partial charge in [0.25, 0.3) is 0 Å². The summed E-state index contributed by atoms with van der Waals surface area (Å²) in [7, 11) is 0. The molecule has 3 nitrogen and oxygen atoms in total. The van der Waals surface area contributed by atoms with Gasteiger partial charge in [0.2, 0.25) is 5.91 Å². The largest absolute Gasteiger partial charge is 0.354 e. The van der Waals surface area contributed by atoms with Gasteiger partial charge in [0.1, 0.15) is 0 Å². The van der Waals surface area contributed by atoms with Gasteiger partial charge in [-0.05, 0) is 50.1 Å². The third kappa shape index (κ3) is 8.12. The fourth-order valence-corrected chi connectivity index (χ4v) is 2.74. The third-order valence-electron chi connectivity index (χ3n) is 3.43. The van der Waals surface area contributed by atoms with Crippen LogP contribution in [0.5, 0.6) is 0 Å². The highest BCUT2D eigenvalue weighted by atomic mass is 32.2. The van der Waals surface area contributed by atoms with E-state index in [1.165, 1.54) is 30.4 Å². The van der Waals surface area contributed by atoms with Crippen molar-refractivity contribution in [1.29, 1.82) is 0 Å². The van der Waals surface area contributed by atoms with Crippen LogP contribution in [0.2, 0.25) is 0 Å². The maximum absolute atomic E-state index is 11.7. The first-order chi connectivity index (χ1) is 10.1. The van der Waals surface area contributed by atoms with Crippen LogP contribution in [0.4, 0.5) is 0 Å². The highest BCUT2D eigenvalue weighted by Gasteiger charge is 2.03. The van der Waals surface area contributed by atoms with Crippen molar-refractivity contribution >= 4 is 17.7 Å². The molecule has 0 aliphatic carbocycles. The average Bonchev–Trinajstić information content (AvgIpc) is 2.47. The molecule has 0 bridgehead atoms. The number of nitrogens with one attached hydrogen (secondary N) is 2. The lowest BCUT2D eigenvalue weighted by Gasteiger charge is -2.07. The summed E-state index contributed by atoms with van der Waals surface area (Å²) in [6.45, 7) is 9.00. The van der Waals surface area contributed by atoms with Crippen LogP contribution in [-0.2, 0) is 4.79 Å². The molecule has 1 rings (SSSR count). The Morgan fingerprint density at radius 3 is 2.62 bits per heavy atom. The molecule has 1 aromatic carbocycles. The minimum atomic E-state index is 0.105. The number of amides is 1. The van der Waals surface area contributed by atoms with Gasteiger partial charge in [-0.2, -0.15) is 0 Å². The normalized spacial score (nSPS) is 10.6. The molecular weight excluding hydrogens is 280 g/mol. The lowest BCUT2D eigenvalue weighted by atomic mass is 10.1. The number of rotatable bonds is 10. The Morgan fingerprint density at radius 1 is 1.10 bits per heavy atom. The minimum absolute atomic E-state index is 0.105. The first-order valence-electron chi connectivity index (χ1n) is 7.81. The minimum Gasteiger partial charge on any atom is -0.354 e. The predicted molar refractivity (Wildman–Crippen MR) is 92.0 cm³/mol. The van der Waals surface area contributed by atoms with Crippen molar-refractivity contribution in [2.75, 3.05) is 25.4 Å². The van der Waals surface area contributed by atoms with Crippen molar-refractivity contribution in [3.05, 3.63) is 29.3 Å². The molecule has 1 aromatic rings. The van der Waals surface area contributed by atoms with Gasteiger partial charge in [-0.3, -0.25) is 4.79 Å². The van der Waals surface area contributed by atoms with Crippen LogP contribution in [0, 0.1) is 13.8 Å². The molecule has 0 aromatic heterocycles. The van der Waals surface area contributed by atoms with Crippen molar-refractivity contribution < 1.29 is 4.79 Å². The number of aryl methyl sites for hydroxylation is 2. The second-order valence-electron chi connectivity index (χ2n) is 5.34. The van der Waals surface area contributed by atoms with Crippen LogP contribution in [0.1, 0.15) is 37.3 Å². The van der Waals surface area contributed by atoms with E-state index in [9.17, 15) is 4.79 Å². The average molecular weight is 308 g/mol. The maximum atomic E-state index is 11.7. The molecule has 0 aliphatic rings. The van der Waals surface area contributed by atoms with E-state index in [0.717, 1.165) is 18.0 Å². The van der Waals surface area contributed by atoms with E-state index in [0.29, 0.717) is 12.3 Å². The fourth-order valence-electron chi connectivity index (χ4n) is 1.92. The van der Waals surface area contributed by atoms with Crippen molar-refractivity contribution in [3.63, 3.8) is 0 Å². The summed E-state index contributed by atoms with van der Waals surface area (Å²) in [5.41, 5.74) is 2.56. The van der Waals surface area contributed by atoms with E-state index < -0.39 is 0 Å². The quantitative estimate of drug-likeness (QED) is 0.515. The van der Waals surface area contributed by atoms with Gasteiger partial charge in [-0.25, -0.2) is 0 Å². The number of carbonyl (C=O) groups is 1. The molecule has 0 fully saturated rings. The maximum Gasteiger partial charge on any atom is 0.230 e. The molecule has 21 heavy (non-hydrogen) atoms. The number of unbranched alkanes of at least 4 members (excludes halogenated alkanes) is 2. The van der Waals surface area contributed by atoms with Crippen molar-refractivity contribution in [3.8, 4) is 0 Å². The van der Waals surface area contributed by atoms with Crippen LogP contribution < -0.4 is 10.6 Å². The summed E-state index contributed by atoms with van der Waals surface area (Å²) in [5.74, 6) is 0.590. The Hall–Kier alpha value is -1.00. The van der Waals surface area contributed by atoms with E-state index in [1.54, 1.807) is 11.8 Å². The van der Waals surface area contributed by atoms with Crippen LogP contribution >= 0.6 is 11.8 Å².